The Labute approximate surface area is 202 Å². The van der Waals surface area contributed by atoms with Crippen molar-refractivity contribution in [3.05, 3.63) is 53.9 Å². The van der Waals surface area contributed by atoms with Crippen molar-refractivity contribution in [2.75, 3.05) is 32.8 Å². The largest absolute Gasteiger partial charge is 0.416 e. The lowest BCUT2D eigenvalue weighted by Crippen LogP contribution is -2.35. The number of halogens is 6. The highest BCUT2D eigenvalue weighted by atomic mass is 19.4. The molecule has 1 aliphatic rings. The van der Waals surface area contributed by atoms with Crippen molar-refractivity contribution in [2.24, 2.45) is 0 Å². The van der Waals surface area contributed by atoms with E-state index in [-0.39, 0.29) is 55.0 Å². The van der Waals surface area contributed by atoms with Gasteiger partial charge in [0.05, 0.1) is 23.7 Å². The van der Waals surface area contributed by atoms with Gasteiger partial charge in [0.1, 0.15) is 12.3 Å². The second-order valence-corrected chi connectivity index (χ2v) is 8.33. The van der Waals surface area contributed by atoms with Gasteiger partial charge in [0.15, 0.2) is 0 Å². The molecule has 1 saturated heterocycles. The average molecular weight is 518 g/mol. The van der Waals surface area contributed by atoms with E-state index in [2.05, 4.69) is 22.2 Å². The number of fused-ring (bicyclic) bond motifs is 1. The summed E-state index contributed by atoms with van der Waals surface area (Å²) in [5, 5.41) is 5.31. The van der Waals surface area contributed by atoms with Crippen molar-refractivity contribution in [2.45, 2.75) is 31.3 Å². The molecule has 2 aromatic rings. The van der Waals surface area contributed by atoms with E-state index in [9.17, 15) is 35.9 Å². The van der Waals surface area contributed by atoms with E-state index in [1.54, 1.807) is 0 Å². The fraction of sp³-hybridized carbons (Fsp3) is 0.435. The van der Waals surface area contributed by atoms with Gasteiger partial charge >= 0.3 is 12.4 Å². The van der Waals surface area contributed by atoms with Crippen LogP contribution in [-0.4, -0.2) is 66.8 Å². The molecule has 3 rings (SSSR count). The highest BCUT2D eigenvalue weighted by Crippen LogP contribution is 2.31. The van der Waals surface area contributed by atoms with Crippen LogP contribution in [0.1, 0.15) is 28.9 Å². The quantitative estimate of drug-likeness (QED) is 0.496. The van der Waals surface area contributed by atoms with Crippen molar-refractivity contribution < 1.29 is 40.7 Å². The van der Waals surface area contributed by atoms with Crippen molar-refractivity contribution >= 4 is 22.7 Å². The molecule has 2 heterocycles. The minimum absolute atomic E-state index is 0.0167. The molecule has 0 bridgehead atoms. The third-order valence-corrected chi connectivity index (χ3v) is 5.37. The molecule has 0 spiro atoms. The minimum atomic E-state index is -4.49. The van der Waals surface area contributed by atoms with Crippen LogP contribution in [-0.2, 0) is 15.7 Å². The van der Waals surface area contributed by atoms with Crippen LogP contribution in [0.3, 0.4) is 0 Å². The van der Waals surface area contributed by atoms with Gasteiger partial charge in [-0.05, 0) is 30.7 Å². The standard InChI is InChI=1S/C23H24F6N4O3/c1-14(6-8-30-20(34)12-36-17-7-9-33(11-17)13-22(24,25)26)31-21(35)19-4-2-15-10-16(23(27,28)29)3-5-18(15)32-19/h2-5,10,17H,1,6-9,11-13H2,(H,30,34)(H,31,35). The second kappa shape index (κ2) is 11.2. The summed E-state index contributed by atoms with van der Waals surface area (Å²) in [6.07, 6.45) is -8.64. The number of pyridine rings is 1. The summed E-state index contributed by atoms with van der Waals surface area (Å²) in [5.74, 6) is -1.07. The molecule has 0 aliphatic carbocycles. The summed E-state index contributed by atoms with van der Waals surface area (Å²) >= 11 is 0. The number of carbonyl (C=O) groups excluding carboxylic acids is 2. The third kappa shape index (κ3) is 8.19. The first-order valence-electron chi connectivity index (χ1n) is 10.9. The summed E-state index contributed by atoms with van der Waals surface area (Å²) in [4.78, 5) is 29.6. The Morgan fingerprint density at radius 2 is 1.89 bits per heavy atom. The van der Waals surface area contributed by atoms with Crippen molar-refractivity contribution in [3.63, 3.8) is 0 Å². The molecule has 1 fully saturated rings. The van der Waals surface area contributed by atoms with E-state index in [1.807, 2.05) is 0 Å². The highest BCUT2D eigenvalue weighted by molar-refractivity contribution is 5.95. The number of nitrogens with one attached hydrogen (secondary N) is 2. The van der Waals surface area contributed by atoms with Gasteiger partial charge < -0.3 is 15.4 Å². The Morgan fingerprint density at radius 3 is 2.58 bits per heavy atom. The molecule has 7 nitrogen and oxygen atoms in total. The van der Waals surface area contributed by atoms with Crippen LogP contribution < -0.4 is 10.6 Å². The molecular weight excluding hydrogens is 494 g/mol. The SMILES string of the molecule is C=C(CCNC(=O)COC1CCN(CC(F)(F)F)C1)NC(=O)c1ccc2cc(C(F)(F)F)ccc2n1. The molecule has 36 heavy (non-hydrogen) atoms. The smallest absolute Gasteiger partial charge is 0.367 e. The molecule has 1 atom stereocenters. The molecule has 13 heteroatoms. The molecule has 0 saturated carbocycles. The summed E-state index contributed by atoms with van der Waals surface area (Å²) in [7, 11) is 0. The third-order valence-electron chi connectivity index (χ3n) is 5.37. The van der Waals surface area contributed by atoms with Crippen LogP contribution in [0.5, 0.6) is 0 Å². The van der Waals surface area contributed by atoms with Gasteiger partial charge in [-0.1, -0.05) is 12.6 Å². The van der Waals surface area contributed by atoms with Crippen LogP contribution in [0, 0.1) is 0 Å². The van der Waals surface area contributed by atoms with Gasteiger partial charge in [0, 0.05) is 37.1 Å². The van der Waals surface area contributed by atoms with Crippen molar-refractivity contribution in [1.82, 2.24) is 20.5 Å². The van der Waals surface area contributed by atoms with E-state index >= 15 is 0 Å². The minimum Gasteiger partial charge on any atom is -0.367 e. The van der Waals surface area contributed by atoms with E-state index < -0.39 is 42.4 Å². The highest BCUT2D eigenvalue weighted by Gasteiger charge is 2.34. The van der Waals surface area contributed by atoms with Crippen molar-refractivity contribution in [3.8, 4) is 0 Å². The number of hydrogen-bond acceptors (Lipinski definition) is 5. The lowest BCUT2D eigenvalue weighted by atomic mass is 10.1. The van der Waals surface area contributed by atoms with Crippen LogP contribution in [0.25, 0.3) is 10.9 Å². The number of hydrogen-bond donors (Lipinski definition) is 2. The Hall–Kier alpha value is -3.19. The van der Waals surface area contributed by atoms with Gasteiger partial charge in [-0.15, -0.1) is 0 Å². The van der Waals surface area contributed by atoms with Crippen LogP contribution in [0.4, 0.5) is 26.3 Å². The topological polar surface area (TPSA) is 83.6 Å². The van der Waals surface area contributed by atoms with Crippen molar-refractivity contribution in [1.29, 1.82) is 0 Å². The van der Waals surface area contributed by atoms with Crippen LogP contribution >= 0.6 is 0 Å². The summed E-state index contributed by atoms with van der Waals surface area (Å²) in [5.41, 5.74) is -0.343. The second-order valence-electron chi connectivity index (χ2n) is 8.33. The first-order chi connectivity index (χ1) is 16.8. The fourth-order valence-corrected chi connectivity index (χ4v) is 3.64. The van der Waals surface area contributed by atoms with E-state index in [4.69, 9.17) is 4.74 Å². The number of benzene rings is 1. The number of likely N-dealkylation sites (tertiary alicyclic amines) is 1. The van der Waals surface area contributed by atoms with E-state index in [0.29, 0.717) is 6.42 Å². The first kappa shape index (κ1) is 27.4. The number of alkyl halides is 6. The number of carbonyl (C=O) groups is 2. The predicted molar refractivity (Wildman–Crippen MR) is 118 cm³/mol. The lowest BCUT2D eigenvalue weighted by Gasteiger charge is -2.17. The summed E-state index contributed by atoms with van der Waals surface area (Å²) < 4.78 is 81.1. The van der Waals surface area contributed by atoms with Gasteiger partial charge in [0.2, 0.25) is 5.91 Å². The Bertz CT molecular complexity index is 1120. The maximum atomic E-state index is 12.8. The zero-order chi connectivity index (χ0) is 26.5. The van der Waals surface area contributed by atoms with Gasteiger partial charge in [-0.25, -0.2) is 4.98 Å². The molecule has 1 aromatic carbocycles. The van der Waals surface area contributed by atoms with Gasteiger partial charge in [0.25, 0.3) is 5.91 Å². The summed E-state index contributed by atoms with van der Waals surface area (Å²) in [6, 6.07) is 5.67. The predicted octanol–water partition coefficient (Wildman–Crippen LogP) is 3.66. The fourth-order valence-electron chi connectivity index (χ4n) is 3.64. The number of ether oxygens (including phenoxy) is 1. The molecule has 1 aromatic heterocycles. The molecule has 2 amide bonds. The van der Waals surface area contributed by atoms with E-state index in [0.717, 1.165) is 12.1 Å². The average Bonchev–Trinajstić information content (AvgIpc) is 3.21. The molecular formula is C23H24F6N4O3. The molecule has 1 aliphatic heterocycles. The molecule has 0 radical (unpaired) electrons. The van der Waals surface area contributed by atoms with E-state index in [1.165, 1.54) is 23.1 Å². The lowest BCUT2D eigenvalue weighted by molar-refractivity contribution is -0.145. The number of nitrogens with zero attached hydrogens (tertiary/aromatic N) is 2. The number of amides is 2. The molecule has 1 unspecified atom stereocenters. The van der Waals surface area contributed by atoms with Gasteiger partial charge in [-0.3, -0.25) is 14.5 Å². The number of aromatic nitrogens is 1. The maximum absolute atomic E-state index is 12.8. The Kier molecular flexibility index (Phi) is 8.56. The van der Waals surface area contributed by atoms with Gasteiger partial charge in [-0.2, -0.15) is 26.3 Å². The summed E-state index contributed by atoms with van der Waals surface area (Å²) in [6.45, 7) is 2.85. The number of rotatable bonds is 9. The normalized spacial score (nSPS) is 16.8. The van der Waals surface area contributed by atoms with Crippen LogP contribution in [0.15, 0.2) is 42.6 Å². The Balaban J connectivity index is 1.38. The monoisotopic (exact) mass is 518 g/mol. The molecule has 2 N–H and O–H groups in total. The zero-order valence-corrected chi connectivity index (χ0v) is 19.0. The molecule has 196 valence electrons. The maximum Gasteiger partial charge on any atom is 0.416 e. The van der Waals surface area contributed by atoms with Crippen LogP contribution in [0.2, 0.25) is 0 Å². The first-order valence-corrected chi connectivity index (χ1v) is 10.9. The Morgan fingerprint density at radius 1 is 1.14 bits per heavy atom. The zero-order valence-electron chi connectivity index (χ0n) is 19.0.